The number of carbonyl (C=O) groups excluding carboxylic acids is 5. The van der Waals surface area contributed by atoms with Crippen LogP contribution in [0.1, 0.15) is 60.2 Å². The quantitative estimate of drug-likeness (QED) is 0.00929. The number of carboxylic acids is 3. The Kier molecular flexibility index (Phi) is 32.2. The zero-order chi connectivity index (χ0) is 67.2. The normalized spacial score (nSPS) is 11.6. The van der Waals surface area contributed by atoms with E-state index in [0.29, 0.717) is 22.4 Å². The van der Waals surface area contributed by atoms with Crippen LogP contribution in [0.15, 0.2) is 169 Å². The van der Waals surface area contributed by atoms with Crippen LogP contribution in [0.4, 0.5) is 0 Å². The Morgan fingerprint density at radius 2 is 0.848 bits per heavy atom. The van der Waals surface area contributed by atoms with Gasteiger partial charge in [-0.1, -0.05) is 123 Å². The highest BCUT2D eigenvalue weighted by atomic mass is 31.1. The molecule has 0 heterocycles. The van der Waals surface area contributed by atoms with Crippen molar-refractivity contribution in [1.82, 2.24) is 16.0 Å². The van der Waals surface area contributed by atoms with Crippen LogP contribution in [0.5, 0.6) is 46.0 Å². The number of aromatic hydroxyl groups is 2. The number of carboxylic acid groups (broad SMARTS) is 3. The summed E-state index contributed by atoms with van der Waals surface area (Å²) in [5.74, 6) is -3.50. The van der Waals surface area contributed by atoms with E-state index < -0.39 is 75.5 Å². The summed E-state index contributed by atoms with van der Waals surface area (Å²) in [6.45, 7) is 6.21. The van der Waals surface area contributed by atoms with E-state index in [-0.39, 0.29) is 56.1 Å². The van der Waals surface area contributed by atoms with Crippen molar-refractivity contribution in [1.29, 1.82) is 0 Å². The Morgan fingerprint density at radius 3 is 1.23 bits per heavy atom. The zero-order valence-electron chi connectivity index (χ0n) is 52.5. The molecular formula is C68H78N3O19P2+. The number of hydrogen-bond donors (Lipinski definition) is 8. The molecule has 92 heavy (non-hydrogen) atoms. The summed E-state index contributed by atoms with van der Waals surface area (Å²) >= 11 is 0. The molecule has 7 rings (SSSR count). The summed E-state index contributed by atoms with van der Waals surface area (Å²) in [6, 6.07) is 49.8. The maximum atomic E-state index is 11.1. The Balaban J connectivity index is 0.000000433. The van der Waals surface area contributed by atoms with Gasteiger partial charge in [0, 0.05) is 58.1 Å². The van der Waals surface area contributed by atoms with Crippen molar-refractivity contribution in [3.8, 4) is 46.0 Å². The fourth-order valence-electron chi connectivity index (χ4n) is 8.56. The number of phenols is 2. The van der Waals surface area contributed by atoms with Gasteiger partial charge in [-0.2, -0.15) is 0 Å². The molecule has 0 bridgehead atoms. The molecule has 488 valence electrons. The molecular weight excluding hydrogens is 1220 g/mol. The second kappa shape index (κ2) is 39.0. The second-order valence-electron chi connectivity index (χ2n) is 19.4. The van der Waals surface area contributed by atoms with E-state index in [2.05, 4.69) is 113 Å². The average molecular weight is 1300 g/mol. The van der Waals surface area contributed by atoms with Crippen molar-refractivity contribution in [3.63, 3.8) is 0 Å². The number of carbonyl (C=O) groups is 8. The van der Waals surface area contributed by atoms with Gasteiger partial charge in [-0.3, -0.25) is 24.0 Å². The van der Waals surface area contributed by atoms with Crippen LogP contribution in [0.25, 0.3) is 6.08 Å². The lowest BCUT2D eigenvalue weighted by molar-refractivity contribution is -0.141. The maximum absolute atomic E-state index is 11.1. The highest BCUT2D eigenvalue weighted by Crippen LogP contribution is 2.44. The minimum absolute atomic E-state index is 0. The molecule has 0 spiro atoms. The molecule has 0 saturated carbocycles. The third kappa shape index (κ3) is 25.3. The Labute approximate surface area is 538 Å². The van der Waals surface area contributed by atoms with Gasteiger partial charge in [-0.15, -0.1) is 0 Å². The summed E-state index contributed by atoms with van der Waals surface area (Å²) in [4.78, 5) is 87.6. The fourth-order valence-corrected chi connectivity index (χ4v) is 14.2. The van der Waals surface area contributed by atoms with Gasteiger partial charge in [0.05, 0.1) is 28.4 Å². The SMILES string of the molecule is C.CC(=O)N[C@@H](Cc1ccc(O)c(O)c1)C(=O)O.COc1cc(/C=C(\NC(C)=O)C(=O)O)ccc1OC(C)=O.COc1cc(C[C@H](NC(C)=O)C(=O)O)ccc1OC(C)=O.COc1ccccc1[P@](CC[P@](c1ccccc1)c1ccccc1OC)c1ccccc1.[H+]. The number of benzene rings is 7. The zero-order valence-corrected chi connectivity index (χ0v) is 53.3. The summed E-state index contributed by atoms with van der Waals surface area (Å²) in [5.41, 5.74) is 1.32. The molecule has 8 N–H and O–H groups in total. The predicted octanol–water partition coefficient (Wildman–Crippen LogP) is 8.18. The lowest BCUT2D eigenvalue weighted by Crippen LogP contribution is -2.41. The van der Waals surface area contributed by atoms with Crippen molar-refractivity contribution in [3.05, 3.63) is 186 Å². The maximum Gasteiger partial charge on any atom is 1.00 e. The van der Waals surface area contributed by atoms with E-state index in [4.69, 9.17) is 48.8 Å². The van der Waals surface area contributed by atoms with E-state index in [1.54, 1.807) is 26.4 Å². The molecule has 3 amide bonds. The van der Waals surface area contributed by atoms with Gasteiger partial charge in [0.1, 0.15) is 29.3 Å². The number of amides is 3. The molecule has 0 radical (unpaired) electrons. The number of esters is 2. The molecule has 0 aromatic heterocycles. The topological polar surface area (TPSA) is 329 Å². The summed E-state index contributed by atoms with van der Waals surface area (Å²) in [7, 11) is 5.23. The lowest BCUT2D eigenvalue weighted by atomic mass is 10.1. The van der Waals surface area contributed by atoms with Crippen LogP contribution in [-0.4, -0.2) is 126 Å². The minimum Gasteiger partial charge on any atom is -0.504 e. The summed E-state index contributed by atoms with van der Waals surface area (Å²) in [6.07, 6.45) is 3.55. The lowest BCUT2D eigenvalue weighted by Gasteiger charge is -2.25. The van der Waals surface area contributed by atoms with Crippen molar-refractivity contribution in [2.24, 2.45) is 0 Å². The number of para-hydroxylation sites is 2. The largest absolute Gasteiger partial charge is 1.00 e. The standard InChI is InChI=1S/C28H28O2P2.C14H17NO6.C14H15NO6.C11H13NO5.CH4/c1-29-25-17-9-11-19-27(25)31(23-13-5-3-6-14-23)21-22-32(24-15-7-4-8-16-24)28-20-12-10-18-26(28)30-2;2*1-8(16)15-11(14(18)19)6-10-4-5-12(21-9(2)17)13(7-10)20-3;1-6(13)12-8(11(16)17)4-7-2-3-9(14)10(15)5-7;/h3-20H,21-22H2,1-2H3;4-5,7,11H,6H2,1-3H3,(H,15,16)(H,18,19);4-7H,1-3H3,(H,15,16)(H,18,19);2-3,5,8,14-15H,4H2,1H3,(H,12,13)(H,16,17);1H4/p+1/b;;11-6-;;/t31-,32-;11-;;8-;/m10.0./s1. The molecule has 22 nitrogen and oxygen atoms in total. The highest BCUT2D eigenvalue weighted by molar-refractivity contribution is 7.76. The van der Waals surface area contributed by atoms with Crippen LogP contribution in [0.2, 0.25) is 0 Å². The molecule has 0 saturated heterocycles. The number of nitrogens with one attached hydrogen (secondary N) is 3. The first-order valence-electron chi connectivity index (χ1n) is 27.7. The molecule has 0 aliphatic heterocycles. The van der Waals surface area contributed by atoms with Gasteiger partial charge in [0.15, 0.2) is 34.5 Å². The molecule has 0 fully saturated rings. The molecule has 0 unspecified atom stereocenters. The molecule has 24 heteroatoms. The number of methoxy groups -OCH3 is 4. The van der Waals surface area contributed by atoms with E-state index in [0.717, 1.165) is 23.8 Å². The Morgan fingerprint density at radius 1 is 0.457 bits per heavy atom. The van der Waals surface area contributed by atoms with E-state index in [1.807, 2.05) is 12.1 Å². The minimum atomic E-state index is -1.27. The van der Waals surface area contributed by atoms with Crippen molar-refractivity contribution < 1.29 is 93.7 Å². The average Bonchev–Trinajstić information content (AvgIpc) is 0.859. The summed E-state index contributed by atoms with van der Waals surface area (Å²) < 4.78 is 31.6. The first-order chi connectivity index (χ1) is 43.4. The third-order valence-electron chi connectivity index (χ3n) is 12.5. The van der Waals surface area contributed by atoms with E-state index in [1.165, 1.54) is 119 Å². The van der Waals surface area contributed by atoms with E-state index in [9.17, 15) is 43.5 Å². The van der Waals surface area contributed by atoms with Gasteiger partial charge in [0.2, 0.25) is 17.7 Å². The Hall–Kier alpha value is -10.3. The third-order valence-corrected chi connectivity index (χ3v) is 17.9. The monoisotopic (exact) mass is 1300 g/mol. The van der Waals surface area contributed by atoms with Crippen LogP contribution < -0.4 is 65.6 Å². The number of rotatable bonds is 24. The summed E-state index contributed by atoms with van der Waals surface area (Å²) in [5, 5.41) is 57.5. The number of hydrogen-bond acceptors (Lipinski definition) is 16. The van der Waals surface area contributed by atoms with Crippen molar-refractivity contribution in [2.75, 3.05) is 40.8 Å². The molecule has 7 aromatic carbocycles. The van der Waals surface area contributed by atoms with Crippen LogP contribution in [-0.2, 0) is 51.2 Å². The Bertz CT molecular complexity index is 3560. The fraction of sp³-hybridized carbons (Fsp3) is 0.235. The number of ether oxygens (including phenoxy) is 6. The molecule has 0 aliphatic rings. The predicted molar refractivity (Wildman–Crippen MR) is 355 cm³/mol. The molecule has 7 aromatic rings. The highest BCUT2D eigenvalue weighted by Gasteiger charge is 2.25. The first-order valence-corrected chi connectivity index (χ1v) is 30.8. The number of phenolic OH excluding ortho intramolecular Hbond substituents is 2. The van der Waals surface area contributed by atoms with Crippen LogP contribution >= 0.6 is 15.8 Å². The van der Waals surface area contributed by atoms with Crippen molar-refractivity contribution in [2.45, 2.75) is 67.0 Å². The van der Waals surface area contributed by atoms with Crippen LogP contribution in [0, 0.1) is 0 Å². The van der Waals surface area contributed by atoms with E-state index >= 15 is 0 Å². The van der Waals surface area contributed by atoms with Gasteiger partial charge in [-0.25, -0.2) is 14.4 Å². The van der Waals surface area contributed by atoms with Crippen molar-refractivity contribution >= 4 is 90.7 Å². The number of aliphatic carboxylic acids is 3. The molecule has 0 aliphatic carbocycles. The van der Waals surface area contributed by atoms with Crippen LogP contribution in [0.3, 0.4) is 0 Å². The van der Waals surface area contributed by atoms with Gasteiger partial charge in [-0.05, 0) is 110 Å². The second-order valence-corrected chi connectivity index (χ2v) is 24.0. The van der Waals surface area contributed by atoms with Gasteiger partial charge < -0.3 is 69.9 Å². The van der Waals surface area contributed by atoms with Gasteiger partial charge >= 0.3 is 31.3 Å². The molecule has 4 atom stereocenters. The smallest absolute Gasteiger partial charge is 0.504 e. The van der Waals surface area contributed by atoms with Gasteiger partial charge in [0.25, 0.3) is 0 Å². The first kappa shape index (κ1) is 75.9.